The van der Waals surface area contributed by atoms with Gasteiger partial charge in [0.05, 0.1) is 0 Å². The molecule has 2 amide bonds. The molecule has 0 unspecified atom stereocenters. The molecular weight excluding hydrogens is 340 g/mol. The number of ether oxygens (including phenoxy) is 1. The summed E-state index contributed by atoms with van der Waals surface area (Å²) >= 11 is 0. The number of aryl methyl sites for hydroxylation is 2. The predicted octanol–water partition coefficient (Wildman–Crippen LogP) is 3.24. The molecule has 0 heterocycles. The highest BCUT2D eigenvalue weighted by Crippen LogP contribution is 2.18. The maximum absolute atomic E-state index is 12.9. The van der Waals surface area contributed by atoms with Crippen LogP contribution < -0.4 is 10.1 Å². The van der Waals surface area contributed by atoms with Gasteiger partial charge in [0.2, 0.25) is 5.91 Å². The Balaban J connectivity index is 2.19. The van der Waals surface area contributed by atoms with E-state index in [-0.39, 0.29) is 18.4 Å². The van der Waals surface area contributed by atoms with Crippen LogP contribution >= 0.6 is 0 Å². The zero-order chi connectivity index (χ0) is 19.8. The van der Waals surface area contributed by atoms with Crippen LogP contribution in [0.5, 0.6) is 5.75 Å². The predicted molar refractivity (Wildman–Crippen MR) is 107 cm³/mol. The second-order valence-electron chi connectivity index (χ2n) is 6.60. The molecule has 0 aliphatic rings. The van der Waals surface area contributed by atoms with Gasteiger partial charge in [-0.2, -0.15) is 0 Å². The molecule has 0 saturated heterocycles. The molecule has 0 spiro atoms. The third-order valence-corrected chi connectivity index (χ3v) is 4.55. The molecule has 1 N–H and O–H groups in total. The Hall–Kier alpha value is -2.82. The third kappa shape index (κ3) is 5.58. The van der Waals surface area contributed by atoms with Crippen molar-refractivity contribution in [3.63, 3.8) is 0 Å². The van der Waals surface area contributed by atoms with Crippen LogP contribution in [0.2, 0.25) is 0 Å². The summed E-state index contributed by atoms with van der Waals surface area (Å²) in [6.45, 7) is 6.11. The number of carbonyl (C=O) groups is 2. The van der Waals surface area contributed by atoms with Gasteiger partial charge in [0.25, 0.3) is 5.91 Å². The van der Waals surface area contributed by atoms with E-state index in [1.165, 1.54) is 0 Å². The highest BCUT2D eigenvalue weighted by Gasteiger charge is 2.28. The normalized spacial score (nSPS) is 11.6. The van der Waals surface area contributed by atoms with Crippen molar-refractivity contribution in [3.05, 3.63) is 65.2 Å². The molecule has 144 valence electrons. The fourth-order valence-corrected chi connectivity index (χ4v) is 2.92. The van der Waals surface area contributed by atoms with Gasteiger partial charge in [-0.05, 0) is 37.5 Å². The number of amides is 2. The number of benzene rings is 2. The van der Waals surface area contributed by atoms with E-state index in [9.17, 15) is 9.59 Å². The number of carbonyl (C=O) groups excluding carboxylic acids is 2. The lowest BCUT2D eigenvalue weighted by atomic mass is 10.1. The molecule has 0 saturated carbocycles. The van der Waals surface area contributed by atoms with E-state index in [1.807, 2.05) is 69.3 Å². The summed E-state index contributed by atoms with van der Waals surface area (Å²) < 4.78 is 5.72. The lowest BCUT2D eigenvalue weighted by Gasteiger charge is -2.30. The van der Waals surface area contributed by atoms with Crippen molar-refractivity contribution in [1.82, 2.24) is 10.2 Å². The Labute approximate surface area is 161 Å². The van der Waals surface area contributed by atoms with Crippen LogP contribution in [-0.2, 0) is 16.1 Å². The second-order valence-corrected chi connectivity index (χ2v) is 6.60. The van der Waals surface area contributed by atoms with Crippen molar-refractivity contribution in [2.75, 3.05) is 13.7 Å². The Kier molecular flexibility index (Phi) is 7.41. The smallest absolute Gasteiger partial charge is 0.261 e. The Morgan fingerprint density at radius 2 is 1.74 bits per heavy atom. The molecule has 0 aromatic heterocycles. The summed E-state index contributed by atoms with van der Waals surface area (Å²) in [5.74, 6) is 0.289. The van der Waals surface area contributed by atoms with Gasteiger partial charge >= 0.3 is 0 Å². The molecular formula is C22H28N2O3. The van der Waals surface area contributed by atoms with Crippen molar-refractivity contribution in [2.24, 2.45) is 0 Å². The van der Waals surface area contributed by atoms with E-state index in [0.717, 1.165) is 16.7 Å². The lowest BCUT2D eigenvalue weighted by molar-refractivity contribution is -0.142. The first-order chi connectivity index (χ1) is 13.0. The van der Waals surface area contributed by atoms with E-state index >= 15 is 0 Å². The molecule has 1 atom stereocenters. The Morgan fingerprint density at radius 3 is 2.33 bits per heavy atom. The van der Waals surface area contributed by atoms with Crippen molar-refractivity contribution in [1.29, 1.82) is 0 Å². The highest BCUT2D eigenvalue weighted by molar-refractivity contribution is 5.88. The molecule has 27 heavy (non-hydrogen) atoms. The van der Waals surface area contributed by atoms with Crippen LogP contribution in [0.1, 0.15) is 30.0 Å². The average molecular weight is 368 g/mol. The van der Waals surface area contributed by atoms with E-state index in [4.69, 9.17) is 4.74 Å². The minimum atomic E-state index is -0.538. The van der Waals surface area contributed by atoms with Gasteiger partial charge in [-0.3, -0.25) is 9.59 Å². The maximum Gasteiger partial charge on any atom is 0.261 e. The number of para-hydroxylation sites is 1. The molecule has 2 aromatic carbocycles. The van der Waals surface area contributed by atoms with E-state index in [1.54, 1.807) is 11.9 Å². The van der Waals surface area contributed by atoms with Crippen LogP contribution in [0.15, 0.2) is 48.5 Å². The van der Waals surface area contributed by atoms with Crippen LogP contribution in [-0.4, -0.2) is 36.4 Å². The molecule has 5 heteroatoms. The summed E-state index contributed by atoms with van der Waals surface area (Å²) in [4.78, 5) is 26.9. The van der Waals surface area contributed by atoms with Gasteiger partial charge in [-0.1, -0.05) is 55.0 Å². The SMILES string of the molecule is CC[C@@H](C(=O)NC)N(Cc1ccc(C)cc1)C(=O)COc1ccccc1C. The largest absolute Gasteiger partial charge is 0.484 e. The van der Waals surface area contributed by atoms with Gasteiger partial charge in [-0.25, -0.2) is 0 Å². The van der Waals surface area contributed by atoms with Gasteiger partial charge in [0, 0.05) is 13.6 Å². The zero-order valence-electron chi connectivity index (χ0n) is 16.5. The summed E-state index contributed by atoms with van der Waals surface area (Å²) in [5, 5.41) is 2.66. The first kappa shape index (κ1) is 20.5. The lowest BCUT2D eigenvalue weighted by Crippen LogP contribution is -2.49. The van der Waals surface area contributed by atoms with E-state index in [0.29, 0.717) is 18.7 Å². The molecule has 2 aromatic rings. The molecule has 2 rings (SSSR count). The molecule has 0 bridgehead atoms. The van der Waals surface area contributed by atoms with Gasteiger partial charge in [0.15, 0.2) is 6.61 Å². The Bertz CT molecular complexity index is 771. The van der Waals surface area contributed by atoms with Crippen LogP contribution in [0, 0.1) is 13.8 Å². The monoisotopic (exact) mass is 368 g/mol. The number of rotatable bonds is 8. The quantitative estimate of drug-likeness (QED) is 0.778. The summed E-state index contributed by atoms with van der Waals surface area (Å²) in [6.07, 6.45) is 0.529. The first-order valence-electron chi connectivity index (χ1n) is 9.21. The van der Waals surface area contributed by atoms with Crippen LogP contribution in [0.4, 0.5) is 0 Å². The molecule has 0 radical (unpaired) electrons. The number of hydrogen-bond acceptors (Lipinski definition) is 3. The van der Waals surface area contributed by atoms with Gasteiger partial charge in [0.1, 0.15) is 11.8 Å². The summed E-state index contributed by atoms with van der Waals surface area (Å²) in [6, 6.07) is 15.0. The zero-order valence-corrected chi connectivity index (χ0v) is 16.5. The fraction of sp³-hybridized carbons (Fsp3) is 0.364. The molecule has 0 aliphatic carbocycles. The topological polar surface area (TPSA) is 58.6 Å². The summed E-state index contributed by atoms with van der Waals surface area (Å²) in [5.41, 5.74) is 3.10. The van der Waals surface area contributed by atoms with Crippen molar-refractivity contribution < 1.29 is 14.3 Å². The maximum atomic E-state index is 12.9. The average Bonchev–Trinajstić information content (AvgIpc) is 2.68. The minimum Gasteiger partial charge on any atom is -0.484 e. The van der Waals surface area contributed by atoms with Crippen molar-refractivity contribution in [2.45, 2.75) is 39.8 Å². The molecule has 5 nitrogen and oxygen atoms in total. The number of nitrogens with zero attached hydrogens (tertiary/aromatic N) is 1. The molecule has 0 fully saturated rings. The second kappa shape index (κ2) is 9.76. The van der Waals surface area contributed by atoms with Crippen LogP contribution in [0.25, 0.3) is 0 Å². The molecule has 0 aliphatic heterocycles. The highest BCUT2D eigenvalue weighted by atomic mass is 16.5. The number of nitrogens with one attached hydrogen (secondary N) is 1. The fourth-order valence-electron chi connectivity index (χ4n) is 2.92. The van der Waals surface area contributed by atoms with E-state index in [2.05, 4.69) is 5.32 Å². The van der Waals surface area contributed by atoms with Gasteiger partial charge in [-0.15, -0.1) is 0 Å². The number of hydrogen-bond donors (Lipinski definition) is 1. The number of likely N-dealkylation sites (N-methyl/N-ethyl adjacent to an activating group) is 1. The van der Waals surface area contributed by atoms with Crippen molar-refractivity contribution >= 4 is 11.8 Å². The third-order valence-electron chi connectivity index (χ3n) is 4.55. The first-order valence-corrected chi connectivity index (χ1v) is 9.21. The summed E-state index contributed by atoms with van der Waals surface area (Å²) in [7, 11) is 1.59. The van der Waals surface area contributed by atoms with Gasteiger partial charge < -0.3 is 15.0 Å². The minimum absolute atomic E-state index is 0.107. The Morgan fingerprint density at radius 1 is 1.07 bits per heavy atom. The van der Waals surface area contributed by atoms with E-state index < -0.39 is 6.04 Å². The van der Waals surface area contributed by atoms with Crippen LogP contribution in [0.3, 0.4) is 0 Å². The van der Waals surface area contributed by atoms with Crippen molar-refractivity contribution in [3.8, 4) is 5.75 Å². The standard InChI is InChI=1S/C22H28N2O3/c1-5-19(22(26)23-4)24(14-18-12-10-16(2)11-13-18)21(25)15-27-20-9-7-6-8-17(20)3/h6-13,19H,5,14-15H2,1-4H3,(H,23,26)/t19-/m0/s1.